The van der Waals surface area contributed by atoms with Crippen LogP contribution in [0.4, 0.5) is 0 Å². The second-order valence-electron chi connectivity index (χ2n) is 17.9. The number of hydrogen-bond acceptors (Lipinski definition) is 5. The molecule has 0 aromatic rings. The van der Waals surface area contributed by atoms with Crippen LogP contribution in [-0.4, -0.2) is 47.4 Å². The summed E-state index contributed by atoms with van der Waals surface area (Å²) in [5.74, 6) is -0.0911. The average Bonchev–Trinajstić information content (AvgIpc) is 3.24. The van der Waals surface area contributed by atoms with Crippen molar-refractivity contribution in [3.8, 4) is 0 Å². The first-order valence-corrected chi connectivity index (χ1v) is 26.1. The van der Waals surface area contributed by atoms with Gasteiger partial charge in [0.1, 0.15) is 0 Å². The molecule has 0 radical (unpaired) electrons. The van der Waals surface area contributed by atoms with Gasteiger partial charge in [-0.15, -0.1) is 0 Å². The number of rotatable bonds is 48. The molecule has 6 nitrogen and oxygen atoms in total. The number of aliphatic hydroxyl groups excluding tert-OH is 2. The lowest BCUT2D eigenvalue weighted by molar-refractivity contribution is -0.143. The summed E-state index contributed by atoms with van der Waals surface area (Å²) >= 11 is 0. The Morgan fingerprint density at radius 1 is 0.475 bits per heavy atom. The third kappa shape index (κ3) is 45.7. The highest BCUT2D eigenvalue weighted by atomic mass is 16.5. The maximum atomic E-state index is 12.4. The predicted molar refractivity (Wildman–Crippen MR) is 255 cm³/mol. The van der Waals surface area contributed by atoms with Gasteiger partial charge in [-0.1, -0.05) is 231 Å². The van der Waals surface area contributed by atoms with Crippen molar-refractivity contribution in [2.24, 2.45) is 0 Å². The molecule has 0 aliphatic carbocycles. The summed E-state index contributed by atoms with van der Waals surface area (Å²) in [6.07, 6.45) is 57.1. The van der Waals surface area contributed by atoms with Gasteiger partial charge in [0, 0.05) is 12.8 Å². The molecule has 0 rings (SSSR count). The van der Waals surface area contributed by atoms with Crippen molar-refractivity contribution >= 4 is 11.9 Å². The topological polar surface area (TPSA) is 95.9 Å². The van der Waals surface area contributed by atoms with E-state index >= 15 is 0 Å². The smallest absolute Gasteiger partial charge is 0.305 e. The lowest BCUT2D eigenvalue weighted by atomic mass is 10.0. The fraction of sp³-hybridized carbons (Fsp3) is 0.887. The molecule has 0 fully saturated rings. The van der Waals surface area contributed by atoms with Gasteiger partial charge in [-0.25, -0.2) is 0 Å². The van der Waals surface area contributed by atoms with Gasteiger partial charge in [0.05, 0.1) is 25.4 Å². The number of amides is 1. The van der Waals surface area contributed by atoms with Crippen LogP contribution in [0.3, 0.4) is 0 Å². The van der Waals surface area contributed by atoms with E-state index in [4.69, 9.17) is 4.74 Å². The number of carbonyl (C=O) groups is 2. The Bertz CT molecular complexity index is 920. The Balaban J connectivity index is 3.47. The summed E-state index contributed by atoms with van der Waals surface area (Å²) in [4.78, 5) is 24.5. The largest absolute Gasteiger partial charge is 0.466 e. The number of allylic oxidation sites excluding steroid dienone is 4. The van der Waals surface area contributed by atoms with Gasteiger partial charge in [-0.2, -0.15) is 0 Å². The second-order valence-corrected chi connectivity index (χ2v) is 17.9. The maximum absolute atomic E-state index is 12.4. The fourth-order valence-electron chi connectivity index (χ4n) is 7.96. The van der Waals surface area contributed by atoms with Crippen LogP contribution in [0.15, 0.2) is 24.3 Å². The lowest BCUT2D eigenvalue weighted by Crippen LogP contribution is -2.45. The highest BCUT2D eigenvalue weighted by molar-refractivity contribution is 5.76. The fourth-order valence-corrected chi connectivity index (χ4v) is 7.96. The van der Waals surface area contributed by atoms with Crippen LogP contribution >= 0.6 is 0 Å². The Labute approximate surface area is 367 Å². The van der Waals surface area contributed by atoms with Gasteiger partial charge in [-0.3, -0.25) is 9.59 Å². The van der Waals surface area contributed by atoms with Gasteiger partial charge in [-0.05, 0) is 57.8 Å². The molecule has 0 saturated carbocycles. The zero-order valence-corrected chi connectivity index (χ0v) is 39.5. The number of unbranched alkanes of at least 4 members (excludes halogenated alkanes) is 33. The molecule has 3 N–H and O–H groups in total. The lowest BCUT2D eigenvalue weighted by Gasteiger charge is -2.22. The SMILES string of the molecule is CCCCC/C=C\C/C=C\CCCCCCCCCCCC(=O)OCCCCCCCCCCCC(=O)NC(CO)C(O)CCCCCCCCCCCCCCCC. The molecule has 0 aliphatic rings. The number of aliphatic hydroxyl groups is 2. The molecular formula is C53H101NO5. The minimum atomic E-state index is -0.681. The van der Waals surface area contributed by atoms with Gasteiger partial charge < -0.3 is 20.3 Å². The van der Waals surface area contributed by atoms with Crippen LogP contribution in [0.5, 0.6) is 0 Å². The number of nitrogens with one attached hydrogen (secondary N) is 1. The highest BCUT2D eigenvalue weighted by Gasteiger charge is 2.20. The molecular weight excluding hydrogens is 731 g/mol. The van der Waals surface area contributed by atoms with Gasteiger partial charge in [0.2, 0.25) is 5.91 Å². The van der Waals surface area contributed by atoms with E-state index in [1.807, 2.05) is 0 Å². The molecule has 6 heteroatoms. The number of esters is 1. The van der Waals surface area contributed by atoms with Crippen molar-refractivity contribution in [1.29, 1.82) is 0 Å². The molecule has 0 aliphatic heterocycles. The van der Waals surface area contributed by atoms with Crippen molar-refractivity contribution in [3.05, 3.63) is 24.3 Å². The van der Waals surface area contributed by atoms with Crippen molar-refractivity contribution in [2.45, 2.75) is 289 Å². The number of ether oxygens (including phenoxy) is 1. The summed E-state index contributed by atoms with van der Waals surface area (Å²) < 4.78 is 5.46. The Morgan fingerprint density at radius 2 is 0.847 bits per heavy atom. The van der Waals surface area contributed by atoms with Gasteiger partial charge in [0.25, 0.3) is 0 Å². The Morgan fingerprint density at radius 3 is 1.32 bits per heavy atom. The van der Waals surface area contributed by atoms with Gasteiger partial charge >= 0.3 is 5.97 Å². The van der Waals surface area contributed by atoms with Crippen molar-refractivity contribution in [2.75, 3.05) is 13.2 Å². The third-order valence-electron chi connectivity index (χ3n) is 12.0. The standard InChI is InChI=1S/C53H101NO5/c1-3-5-7-9-11-13-15-17-19-20-21-22-23-25-27-31-35-39-43-47-53(58)59-48-44-40-36-32-28-30-34-38-42-46-52(57)54-50(49-55)51(56)45-41-37-33-29-26-24-18-16-14-12-10-8-6-4-2/h11,13,17,19,50-51,55-56H,3-10,12,14-16,18,20-49H2,1-2H3,(H,54,57)/b13-11-,19-17-. The van der Waals surface area contributed by atoms with Gasteiger partial charge in [0.15, 0.2) is 0 Å². The highest BCUT2D eigenvalue weighted by Crippen LogP contribution is 2.16. The Hall–Kier alpha value is -1.66. The quantitative estimate of drug-likeness (QED) is 0.0322. The van der Waals surface area contributed by atoms with E-state index in [0.29, 0.717) is 25.9 Å². The van der Waals surface area contributed by atoms with E-state index in [0.717, 1.165) is 64.2 Å². The van der Waals surface area contributed by atoms with E-state index in [-0.39, 0.29) is 18.5 Å². The first-order chi connectivity index (χ1) is 29.0. The molecule has 2 atom stereocenters. The van der Waals surface area contributed by atoms with E-state index in [1.54, 1.807) is 0 Å². The van der Waals surface area contributed by atoms with E-state index in [1.165, 1.54) is 180 Å². The molecule has 348 valence electrons. The molecule has 0 aromatic carbocycles. The molecule has 0 bridgehead atoms. The summed E-state index contributed by atoms with van der Waals surface area (Å²) in [5.41, 5.74) is 0. The molecule has 2 unspecified atom stereocenters. The zero-order valence-electron chi connectivity index (χ0n) is 39.5. The maximum Gasteiger partial charge on any atom is 0.305 e. The van der Waals surface area contributed by atoms with E-state index in [9.17, 15) is 19.8 Å². The molecule has 0 aromatic heterocycles. The van der Waals surface area contributed by atoms with Crippen LogP contribution in [0.1, 0.15) is 277 Å². The predicted octanol–water partition coefficient (Wildman–Crippen LogP) is 15.5. The van der Waals surface area contributed by atoms with Crippen LogP contribution < -0.4 is 5.32 Å². The van der Waals surface area contributed by atoms with Crippen LogP contribution in [0, 0.1) is 0 Å². The molecule has 1 amide bonds. The monoisotopic (exact) mass is 832 g/mol. The van der Waals surface area contributed by atoms with E-state index in [2.05, 4.69) is 43.5 Å². The first kappa shape index (κ1) is 57.3. The first-order valence-electron chi connectivity index (χ1n) is 26.1. The summed E-state index contributed by atoms with van der Waals surface area (Å²) in [7, 11) is 0. The van der Waals surface area contributed by atoms with E-state index < -0.39 is 12.1 Å². The molecule has 0 spiro atoms. The number of hydrogen-bond donors (Lipinski definition) is 3. The second kappa shape index (κ2) is 49.0. The minimum absolute atomic E-state index is 0.0287. The summed E-state index contributed by atoms with van der Waals surface area (Å²) in [6.45, 7) is 4.87. The van der Waals surface area contributed by atoms with Crippen LogP contribution in [0.2, 0.25) is 0 Å². The van der Waals surface area contributed by atoms with Crippen molar-refractivity contribution in [3.63, 3.8) is 0 Å². The normalized spacial score (nSPS) is 12.8. The average molecular weight is 832 g/mol. The molecule has 59 heavy (non-hydrogen) atoms. The van der Waals surface area contributed by atoms with Crippen LogP contribution in [0.25, 0.3) is 0 Å². The van der Waals surface area contributed by atoms with Crippen molar-refractivity contribution < 1.29 is 24.5 Å². The summed E-state index contributed by atoms with van der Waals surface area (Å²) in [5, 5.41) is 23.2. The third-order valence-corrected chi connectivity index (χ3v) is 12.0. The Kier molecular flexibility index (Phi) is 47.6. The number of carbonyl (C=O) groups excluding carboxylic acids is 2. The van der Waals surface area contributed by atoms with Crippen molar-refractivity contribution in [1.82, 2.24) is 5.32 Å². The summed E-state index contributed by atoms with van der Waals surface area (Å²) in [6, 6.07) is -0.561. The minimum Gasteiger partial charge on any atom is -0.466 e. The van der Waals surface area contributed by atoms with Crippen LogP contribution in [-0.2, 0) is 14.3 Å². The zero-order chi connectivity index (χ0) is 43.0. The molecule has 0 saturated heterocycles. The molecule has 0 heterocycles.